The van der Waals surface area contributed by atoms with Crippen molar-refractivity contribution in [2.24, 2.45) is 0 Å². The van der Waals surface area contributed by atoms with Crippen LogP contribution in [0.4, 0.5) is 0 Å². The molecule has 0 saturated carbocycles. The van der Waals surface area contributed by atoms with Gasteiger partial charge >= 0.3 is 6.01 Å². The van der Waals surface area contributed by atoms with Gasteiger partial charge in [-0.3, -0.25) is 9.48 Å². The molecule has 1 atom stereocenters. The second kappa shape index (κ2) is 7.21. The molecule has 122 valence electrons. The molecule has 1 amide bonds. The summed E-state index contributed by atoms with van der Waals surface area (Å²) in [4.78, 5) is 22.6. The summed E-state index contributed by atoms with van der Waals surface area (Å²) < 4.78 is 7.47. The van der Waals surface area contributed by atoms with E-state index in [0.717, 1.165) is 31.4 Å². The van der Waals surface area contributed by atoms with E-state index in [2.05, 4.69) is 22.0 Å². The fraction of sp³-hybridized carbons (Fsp3) is 0.500. The Morgan fingerprint density at radius 3 is 2.91 bits per heavy atom. The van der Waals surface area contributed by atoms with Crippen molar-refractivity contribution in [2.45, 2.75) is 38.8 Å². The molecule has 7 heteroatoms. The molecule has 2 aromatic rings. The Morgan fingerprint density at radius 1 is 1.39 bits per heavy atom. The maximum absolute atomic E-state index is 12.3. The summed E-state index contributed by atoms with van der Waals surface area (Å²) in [6.45, 7) is 3.65. The van der Waals surface area contributed by atoms with E-state index in [4.69, 9.17) is 4.74 Å². The lowest BCUT2D eigenvalue weighted by Crippen LogP contribution is -2.45. The fourth-order valence-electron chi connectivity index (χ4n) is 2.63. The van der Waals surface area contributed by atoms with Crippen LogP contribution in [0.25, 0.3) is 0 Å². The average Bonchev–Trinajstić information content (AvgIpc) is 3.09. The van der Waals surface area contributed by atoms with Crippen LogP contribution < -0.4 is 4.74 Å². The molecule has 0 aliphatic carbocycles. The number of aromatic nitrogens is 4. The second-order valence-corrected chi connectivity index (χ2v) is 5.65. The zero-order valence-corrected chi connectivity index (χ0v) is 13.3. The summed E-state index contributed by atoms with van der Waals surface area (Å²) in [5.74, 6) is 0.0595. The molecule has 1 aliphatic heterocycles. The largest absolute Gasteiger partial charge is 0.458 e. The van der Waals surface area contributed by atoms with Crippen LogP contribution in [-0.2, 0) is 17.8 Å². The number of piperidine rings is 1. The van der Waals surface area contributed by atoms with Crippen LogP contribution in [0, 0.1) is 0 Å². The third-order valence-corrected chi connectivity index (χ3v) is 3.95. The van der Waals surface area contributed by atoms with Gasteiger partial charge in [-0.05, 0) is 30.9 Å². The Kier molecular flexibility index (Phi) is 4.85. The van der Waals surface area contributed by atoms with E-state index in [-0.39, 0.29) is 18.6 Å². The van der Waals surface area contributed by atoms with Gasteiger partial charge in [-0.15, -0.1) is 0 Å². The van der Waals surface area contributed by atoms with Gasteiger partial charge in [-0.1, -0.05) is 6.92 Å². The predicted molar refractivity (Wildman–Crippen MR) is 83.9 cm³/mol. The molecule has 0 radical (unpaired) electrons. The molecule has 23 heavy (non-hydrogen) atoms. The Labute approximate surface area is 135 Å². The molecular formula is C16H21N5O2. The standard InChI is InChI=1S/C16H21N5O2/c1-2-13-9-17-16(18-10-13)23-14-5-3-7-20(11-14)15(22)12-21-8-4-6-19-21/h4,6,8-10,14H,2-3,5,7,11-12H2,1H3. The summed E-state index contributed by atoms with van der Waals surface area (Å²) in [5.41, 5.74) is 1.08. The highest BCUT2D eigenvalue weighted by atomic mass is 16.5. The summed E-state index contributed by atoms with van der Waals surface area (Å²) in [7, 11) is 0. The molecular weight excluding hydrogens is 294 g/mol. The molecule has 7 nitrogen and oxygen atoms in total. The molecule has 1 saturated heterocycles. The van der Waals surface area contributed by atoms with E-state index in [9.17, 15) is 4.79 Å². The Hall–Kier alpha value is -2.44. The lowest BCUT2D eigenvalue weighted by atomic mass is 10.1. The highest BCUT2D eigenvalue weighted by Crippen LogP contribution is 2.16. The average molecular weight is 315 g/mol. The highest BCUT2D eigenvalue weighted by Gasteiger charge is 2.25. The van der Waals surface area contributed by atoms with Crippen LogP contribution in [0.5, 0.6) is 6.01 Å². The van der Waals surface area contributed by atoms with Crippen LogP contribution in [-0.4, -0.2) is 49.7 Å². The van der Waals surface area contributed by atoms with Gasteiger partial charge in [0.15, 0.2) is 0 Å². The predicted octanol–water partition coefficient (Wildman–Crippen LogP) is 1.31. The number of likely N-dealkylation sites (tertiary alicyclic amines) is 1. The summed E-state index contributed by atoms with van der Waals surface area (Å²) >= 11 is 0. The van der Waals surface area contributed by atoms with Gasteiger partial charge in [-0.25, -0.2) is 9.97 Å². The first-order valence-corrected chi connectivity index (χ1v) is 7.97. The first-order valence-electron chi connectivity index (χ1n) is 7.97. The van der Waals surface area contributed by atoms with Crippen molar-refractivity contribution in [2.75, 3.05) is 13.1 Å². The van der Waals surface area contributed by atoms with Crippen molar-refractivity contribution in [3.05, 3.63) is 36.4 Å². The number of hydrogen-bond acceptors (Lipinski definition) is 5. The van der Waals surface area contributed by atoms with E-state index in [1.807, 2.05) is 11.0 Å². The van der Waals surface area contributed by atoms with Gasteiger partial charge in [-0.2, -0.15) is 5.10 Å². The normalized spacial score (nSPS) is 18.0. The minimum Gasteiger partial charge on any atom is -0.458 e. The van der Waals surface area contributed by atoms with Crippen molar-refractivity contribution < 1.29 is 9.53 Å². The summed E-state index contributed by atoms with van der Waals surface area (Å²) in [5, 5.41) is 4.07. The molecule has 0 spiro atoms. The van der Waals surface area contributed by atoms with Gasteiger partial charge in [0.05, 0.1) is 6.54 Å². The summed E-state index contributed by atoms with van der Waals surface area (Å²) in [6.07, 6.45) is 9.70. The van der Waals surface area contributed by atoms with Gasteiger partial charge in [0, 0.05) is 31.3 Å². The van der Waals surface area contributed by atoms with E-state index in [1.165, 1.54) is 0 Å². The smallest absolute Gasteiger partial charge is 0.316 e. The zero-order valence-electron chi connectivity index (χ0n) is 13.3. The van der Waals surface area contributed by atoms with Crippen molar-refractivity contribution >= 4 is 5.91 Å². The van der Waals surface area contributed by atoms with Gasteiger partial charge < -0.3 is 9.64 Å². The van der Waals surface area contributed by atoms with E-state index in [0.29, 0.717) is 12.6 Å². The van der Waals surface area contributed by atoms with Gasteiger partial charge in [0.25, 0.3) is 0 Å². The molecule has 3 heterocycles. The molecule has 3 rings (SSSR count). The molecule has 0 N–H and O–H groups in total. The molecule has 1 aliphatic rings. The number of carbonyl (C=O) groups excluding carboxylic acids is 1. The minimum absolute atomic E-state index is 0.0576. The zero-order chi connectivity index (χ0) is 16.1. The minimum atomic E-state index is -0.0576. The van der Waals surface area contributed by atoms with Crippen LogP contribution in [0.3, 0.4) is 0 Å². The lowest BCUT2D eigenvalue weighted by molar-refractivity contribution is -0.134. The number of hydrogen-bond donors (Lipinski definition) is 0. The third-order valence-electron chi connectivity index (χ3n) is 3.95. The summed E-state index contributed by atoms with van der Waals surface area (Å²) in [6, 6.07) is 2.20. The van der Waals surface area contributed by atoms with Crippen LogP contribution in [0.15, 0.2) is 30.9 Å². The van der Waals surface area contributed by atoms with E-state index >= 15 is 0 Å². The number of nitrogens with zero attached hydrogens (tertiary/aromatic N) is 5. The monoisotopic (exact) mass is 315 g/mol. The molecule has 2 aromatic heterocycles. The van der Waals surface area contributed by atoms with Crippen LogP contribution >= 0.6 is 0 Å². The second-order valence-electron chi connectivity index (χ2n) is 5.65. The Morgan fingerprint density at radius 2 is 2.22 bits per heavy atom. The van der Waals surface area contributed by atoms with E-state index in [1.54, 1.807) is 29.5 Å². The number of ether oxygens (including phenoxy) is 1. The third kappa shape index (κ3) is 4.06. The van der Waals surface area contributed by atoms with Crippen molar-refractivity contribution in [1.82, 2.24) is 24.6 Å². The highest BCUT2D eigenvalue weighted by molar-refractivity contribution is 5.76. The Balaban J connectivity index is 1.55. The Bertz CT molecular complexity index is 626. The van der Waals surface area contributed by atoms with Crippen molar-refractivity contribution in [1.29, 1.82) is 0 Å². The number of aryl methyl sites for hydroxylation is 1. The van der Waals surface area contributed by atoms with Crippen molar-refractivity contribution in [3.8, 4) is 6.01 Å². The SMILES string of the molecule is CCc1cnc(OC2CCCN(C(=O)Cn3cccn3)C2)nc1. The van der Waals surface area contributed by atoms with Crippen molar-refractivity contribution in [3.63, 3.8) is 0 Å². The maximum atomic E-state index is 12.3. The van der Waals surface area contributed by atoms with Crippen LogP contribution in [0.1, 0.15) is 25.3 Å². The first-order chi connectivity index (χ1) is 11.2. The molecule has 0 bridgehead atoms. The molecule has 1 unspecified atom stereocenters. The molecule has 1 fully saturated rings. The first kappa shape index (κ1) is 15.5. The number of carbonyl (C=O) groups is 1. The maximum Gasteiger partial charge on any atom is 0.316 e. The van der Waals surface area contributed by atoms with Gasteiger partial charge in [0.2, 0.25) is 5.91 Å². The molecule has 0 aromatic carbocycles. The topological polar surface area (TPSA) is 73.1 Å². The van der Waals surface area contributed by atoms with Gasteiger partial charge in [0.1, 0.15) is 12.6 Å². The lowest BCUT2D eigenvalue weighted by Gasteiger charge is -2.32. The number of amides is 1. The number of rotatable bonds is 5. The van der Waals surface area contributed by atoms with E-state index < -0.39 is 0 Å². The quantitative estimate of drug-likeness (QED) is 0.831. The van der Waals surface area contributed by atoms with Crippen LogP contribution in [0.2, 0.25) is 0 Å². The fourth-order valence-corrected chi connectivity index (χ4v) is 2.63.